The van der Waals surface area contributed by atoms with Gasteiger partial charge in [-0.05, 0) is 20.3 Å². The number of carbonyl (C=O) groups excluding carboxylic acids is 1. The Labute approximate surface area is 175 Å². The first-order chi connectivity index (χ1) is 14.5. The van der Waals surface area contributed by atoms with E-state index in [2.05, 4.69) is 22.0 Å². The molecule has 0 spiro atoms. The van der Waals surface area contributed by atoms with Crippen molar-refractivity contribution in [3.05, 3.63) is 64.1 Å². The van der Waals surface area contributed by atoms with Gasteiger partial charge in [0.05, 0.1) is 6.42 Å². The standard InChI is InChI=1S/C22H27N5O3/c1-5-12-26-16(3)18(14-19(28)23-11-6-13-30-4)21(29)27-22(26)24-20(25-27)17-9-7-15(2)8-10-17/h5,7-10H,1,6,11-14H2,2-4H3,(H,23,28). The smallest absolute Gasteiger partial charge is 0.279 e. The van der Waals surface area contributed by atoms with Crippen LogP contribution in [0.1, 0.15) is 23.2 Å². The zero-order valence-electron chi connectivity index (χ0n) is 17.6. The largest absolute Gasteiger partial charge is 0.385 e. The lowest BCUT2D eigenvalue weighted by Gasteiger charge is -2.14. The zero-order chi connectivity index (χ0) is 21.7. The van der Waals surface area contributed by atoms with Crippen LogP contribution in [0.15, 0.2) is 41.7 Å². The summed E-state index contributed by atoms with van der Waals surface area (Å²) in [6, 6.07) is 7.80. The van der Waals surface area contributed by atoms with Crippen molar-refractivity contribution >= 4 is 11.7 Å². The molecule has 1 aromatic carbocycles. The normalized spacial score (nSPS) is 11.0. The fourth-order valence-corrected chi connectivity index (χ4v) is 3.25. The van der Waals surface area contributed by atoms with Crippen LogP contribution >= 0.6 is 0 Å². The average Bonchev–Trinajstić information content (AvgIpc) is 3.18. The first kappa shape index (κ1) is 21.4. The molecule has 0 saturated heterocycles. The van der Waals surface area contributed by atoms with Crippen molar-refractivity contribution in [2.75, 3.05) is 20.3 Å². The number of benzene rings is 1. The Morgan fingerprint density at radius 2 is 2.00 bits per heavy atom. The first-order valence-electron chi connectivity index (χ1n) is 9.89. The van der Waals surface area contributed by atoms with Crippen LogP contribution in [0.2, 0.25) is 0 Å². The van der Waals surface area contributed by atoms with E-state index in [0.29, 0.717) is 49.0 Å². The Bertz CT molecular complexity index is 1110. The number of ether oxygens (including phenoxy) is 1. The van der Waals surface area contributed by atoms with E-state index in [9.17, 15) is 9.59 Å². The molecule has 30 heavy (non-hydrogen) atoms. The molecule has 0 aliphatic heterocycles. The molecule has 1 amide bonds. The lowest BCUT2D eigenvalue weighted by atomic mass is 10.1. The lowest BCUT2D eigenvalue weighted by Crippen LogP contribution is -2.32. The van der Waals surface area contributed by atoms with E-state index >= 15 is 0 Å². The highest BCUT2D eigenvalue weighted by Crippen LogP contribution is 2.18. The van der Waals surface area contributed by atoms with Crippen LogP contribution in [0.4, 0.5) is 0 Å². The number of amides is 1. The number of rotatable bonds is 9. The minimum Gasteiger partial charge on any atom is -0.385 e. The molecular weight excluding hydrogens is 382 g/mol. The quantitative estimate of drug-likeness (QED) is 0.432. The summed E-state index contributed by atoms with van der Waals surface area (Å²) in [6.45, 7) is 9.14. The van der Waals surface area contributed by atoms with Gasteiger partial charge in [-0.15, -0.1) is 11.7 Å². The van der Waals surface area contributed by atoms with E-state index in [1.165, 1.54) is 4.52 Å². The average molecular weight is 409 g/mol. The first-order valence-corrected chi connectivity index (χ1v) is 9.89. The van der Waals surface area contributed by atoms with Crippen LogP contribution in [0, 0.1) is 13.8 Å². The molecule has 8 heteroatoms. The summed E-state index contributed by atoms with van der Waals surface area (Å²) in [5.41, 5.74) is 2.70. The zero-order valence-corrected chi connectivity index (χ0v) is 17.6. The van der Waals surface area contributed by atoms with Crippen molar-refractivity contribution in [1.29, 1.82) is 0 Å². The monoisotopic (exact) mass is 409 g/mol. The number of aryl methyl sites for hydroxylation is 1. The molecule has 3 rings (SSSR count). The lowest BCUT2D eigenvalue weighted by molar-refractivity contribution is -0.120. The summed E-state index contributed by atoms with van der Waals surface area (Å²) in [4.78, 5) is 30.1. The topological polar surface area (TPSA) is 90.5 Å². The highest BCUT2D eigenvalue weighted by atomic mass is 16.5. The fourth-order valence-electron chi connectivity index (χ4n) is 3.25. The summed E-state index contributed by atoms with van der Waals surface area (Å²) in [5.74, 6) is 0.678. The van der Waals surface area contributed by atoms with E-state index in [-0.39, 0.29) is 17.9 Å². The molecule has 0 radical (unpaired) electrons. The molecule has 0 saturated carbocycles. The summed E-state index contributed by atoms with van der Waals surface area (Å²) in [5, 5.41) is 7.26. The summed E-state index contributed by atoms with van der Waals surface area (Å²) in [6.07, 6.45) is 2.42. The van der Waals surface area contributed by atoms with Gasteiger partial charge in [0, 0.05) is 43.6 Å². The Kier molecular flexibility index (Phi) is 6.79. The molecule has 2 heterocycles. The Balaban J connectivity index is 2.01. The number of allylic oxidation sites excluding steroid dienone is 1. The third kappa shape index (κ3) is 4.49. The maximum absolute atomic E-state index is 13.1. The van der Waals surface area contributed by atoms with E-state index in [4.69, 9.17) is 4.74 Å². The van der Waals surface area contributed by atoms with Crippen LogP contribution < -0.4 is 10.9 Å². The van der Waals surface area contributed by atoms with Crippen LogP contribution in [0.25, 0.3) is 17.2 Å². The molecule has 158 valence electrons. The maximum atomic E-state index is 13.1. The number of nitrogens with zero attached hydrogens (tertiary/aromatic N) is 4. The van der Waals surface area contributed by atoms with Gasteiger partial charge in [-0.1, -0.05) is 35.9 Å². The predicted molar refractivity (Wildman–Crippen MR) is 116 cm³/mol. The third-order valence-electron chi connectivity index (χ3n) is 4.93. The van der Waals surface area contributed by atoms with Crippen molar-refractivity contribution in [3.8, 4) is 11.4 Å². The molecule has 0 aliphatic rings. The Morgan fingerprint density at radius 1 is 1.27 bits per heavy atom. The van der Waals surface area contributed by atoms with Gasteiger partial charge in [0.2, 0.25) is 11.7 Å². The number of nitrogens with one attached hydrogen (secondary N) is 1. The van der Waals surface area contributed by atoms with Gasteiger partial charge >= 0.3 is 0 Å². The van der Waals surface area contributed by atoms with Crippen molar-refractivity contribution in [3.63, 3.8) is 0 Å². The SMILES string of the molecule is C=CCn1c(C)c(CC(=O)NCCCOC)c(=O)n2nc(-c3ccc(C)cc3)nc12. The molecule has 8 nitrogen and oxygen atoms in total. The van der Waals surface area contributed by atoms with Gasteiger partial charge in [-0.2, -0.15) is 9.50 Å². The molecule has 0 fully saturated rings. The second kappa shape index (κ2) is 9.49. The molecule has 2 aromatic heterocycles. The van der Waals surface area contributed by atoms with Gasteiger partial charge in [-0.3, -0.25) is 9.59 Å². The van der Waals surface area contributed by atoms with Crippen molar-refractivity contribution in [2.45, 2.75) is 33.2 Å². The van der Waals surface area contributed by atoms with E-state index in [0.717, 1.165) is 11.1 Å². The number of carbonyl (C=O) groups is 1. The summed E-state index contributed by atoms with van der Waals surface area (Å²) < 4.78 is 8.11. The second-order valence-electron chi connectivity index (χ2n) is 7.15. The van der Waals surface area contributed by atoms with Gasteiger partial charge in [0.15, 0.2) is 5.82 Å². The van der Waals surface area contributed by atoms with Gasteiger partial charge in [-0.25, -0.2) is 0 Å². The van der Waals surface area contributed by atoms with Crippen molar-refractivity contribution in [1.82, 2.24) is 24.5 Å². The molecule has 0 aliphatic carbocycles. The van der Waals surface area contributed by atoms with Gasteiger partial charge in [0.1, 0.15) is 0 Å². The minimum absolute atomic E-state index is 0.0234. The molecule has 1 N–H and O–H groups in total. The van der Waals surface area contributed by atoms with Crippen molar-refractivity contribution < 1.29 is 9.53 Å². The number of fused-ring (bicyclic) bond motifs is 1. The molecule has 0 atom stereocenters. The van der Waals surface area contributed by atoms with E-state index in [1.807, 2.05) is 42.7 Å². The van der Waals surface area contributed by atoms with E-state index < -0.39 is 0 Å². The number of methoxy groups -OCH3 is 1. The fraction of sp³-hybridized carbons (Fsp3) is 0.364. The maximum Gasteiger partial charge on any atom is 0.279 e. The summed E-state index contributed by atoms with van der Waals surface area (Å²) >= 11 is 0. The molecular formula is C22H27N5O3. The number of hydrogen-bond acceptors (Lipinski definition) is 5. The molecule has 3 aromatic rings. The van der Waals surface area contributed by atoms with Crippen LogP contribution in [0.3, 0.4) is 0 Å². The van der Waals surface area contributed by atoms with E-state index in [1.54, 1.807) is 13.2 Å². The van der Waals surface area contributed by atoms with Crippen LogP contribution in [0.5, 0.6) is 0 Å². The second-order valence-corrected chi connectivity index (χ2v) is 7.15. The predicted octanol–water partition coefficient (Wildman–Crippen LogP) is 2.06. The molecule has 0 unspecified atom stereocenters. The Morgan fingerprint density at radius 3 is 2.67 bits per heavy atom. The van der Waals surface area contributed by atoms with Gasteiger partial charge < -0.3 is 14.6 Å². The van der Waals surface area contributed by atoms with Crippen LogP contribution in [-0.4, -0.2) is 45.3 Å². The van der Waals surface area contributed by atoms with Crippen LogP contribution in [-0.2, 0) is 22.5 Å². The number of hydrogen-bond donors (Lipinski definition) is 1. The number of aromatic nitrogens is 4. The Hall–Kier alpha value is -3.26. The highest BCUT2D eigenvalue weighted by Gasteiger charge is 2.20. The summed E-state index contributed by atoms with van der Waals surface area (Å²) in [7, 11) is 1.62. The highest BCUT2D eigenvalue weighted by molar-refractivity contribution is 5.78. The van der Waals surface area contributed by atoms with Gasteiger partial charge in [0.25, 0.3) is 5.56 Å². The van der Waals surface area contributed by atoms with Crippen molar-refractivity contribution in [2.24, 2.45) is 0 Å². The minimum atomic E-state index is -0.333. The molecule has 0 bridgehead atoms. The third-order valence-corrected chi connectivity index (χ3v) is 4.93.